The predicted octanol–water partition coefficient (Wildman–Crippen LogP) is 2.92. The summed E-state index contributed by atoms with van der Waals surface area (Å²) in [6.07, 6.45) is 0. The standard InChI is InChI=1S/C13H13O4P/c1-11-7-9-13(10-8-11)17-18(14,15)16-12-5-3-2-4-6-12/h2-10H,1H3,(H,14,15)/p-1. The summed E-state index contributed by atoms with van der Waals surface area (Å²) in [7, 11) is -4.40. The van der Waals surface area contributed by atoms with Crippen LogP contribution in [0.1, 0.15) is 5.56 Å². The van der Waals surface area contributed by atoms with Crippen LogP contribution in [0, 0.1) is 6.92 Å². The van der Waals surface area contributed by atoms with Crippen molar-refractivity contribution in [2.24, 2.45) is 0 Å². The van der Waals surface area contributed by atoms with Crippen LogP contribution >= 0.6 is 7.82 Å². The van der Waals surface area contributed by atoms with Crippen LogP contribution in [0.25, 0.3) is 0 Å². The van der Waals surface area contributed by atoms with Gasteiger partial charge in [0.05, 0.1) is 0 Å². The fraction of sp³-hybridized carbons (Fsp3) is 0.0769. The molecule has 18 heavy (non-hydrogen) atoms. The molecule has 5 heteroatoms. The second-order valence-electron chi connectivity index (χ2n) is 3.76. The molecule has 4 nitrogen and oxygen atoms in total. The van der Waals surface area contributed by atoms with E-state index in [9.17, 15) is 9.46 Å². The van der Waals surface area contributed by atoms with Gasteiger partial charge in [-0.2, -0.15) is 0 Å². The molecule has 0 aromatic heterocycles. The number of hydrogen-bond acceptors (Lipinski definition) is 4. The van der Waals surface area contributed by atoms with E-state index in [1.54, 1.807) is 54.6 Å². The van der Waals surface area contributed by atoms with Gasteiger partial charge in [0.1, 0.15) is 11.5 Å². The van der Waals surface area contributed by atoms with E-state index in [4.69, 9.17) is 9.05 Å². The first-order valence-electron chi connectivity index (χ1n) is 5.37. The summed E-state index contributed by atoms with van der Waals surface area (Å²) in [5.74, 6) is 0.456. The molecule has 2 aromatic rings. The minimum atomic E-state index is -4.40. The molecule has 0 N–H and O–H groups in total. The van der Waals surface area contributed by atoms with Crippen molar-refractivity contribution in [3.8, 4) is 11.5 Å². The first kappa shape index (κ1) is 12.7. The van der Waals surface area contributed by atoms with Crippen LogP contribution in [0.15, 0.2) is 54.6 Å². The molecule has 1 unspecified atom stereocenters. The third-order valence-electron chi connectivity index (χ3n) is 2.20. The number of benzene rings is 2. The Morgan fingerprint density at radius 1 is 0.889 bits per heavy atom. The van der Waals surface area contributed by atoms with E-state index in [0.29, 0.717) is 0 Å². The zero-order valence-corrected chi connectivity index (χ0v) is 10.7. The summed E-state index contributed by atoms with van der Waals surface area (Å²) in [5, 5.41) is 0. The van der Waals surface area contributed by atoms with Gasteiger partial charge in [-0.3, -0.25) is 0 Å². The van der Waals surface area contributed by atoms with E-state index >= 15 is 0 Å². The molecule has 0 heterocycles. The van der Waals surface area contributed by atoms with Crippen molar-refractivity contribution < 1.29 is 18.5 Å². The van der Waals surface area contributed by atoms with Gasteiger partial charge in [-0.25, -0.2) is 4.57 Å². The summed E-state index contributed by atoms with van der Waals surface area (Å²) in [6, 6.07) is 14.9. The lowest BCUT2D eigenvalue weighted by atomic mass is 10.2. The van der Waals surface area contributed by atoms with Gasteiger partial charge in [0.2, 0.25) is 0 Å². The normalized spacial score (nSPS) is 13.7. The van der Waals surface area contributed by atoms with Crippen molar-refractivity contribution in [2.75, 3.05) is 0 Å². The molecule has 0 radical (unpaired) electrons. The second-order valence-corrected chi connectivity index (χ2v) is 5.02. The number of aryl methyl sites for hydroxylation is 1. The Labute approximate surface area is 105 Å². The predicted molar refractivity (Wildman–Crippen MR) is 66.5 cm³/mol. The number of phosphoric acid groups is 1. The Morgan fingerprint density at radius 3 is 1.94 bits per heavy atom. The van der Waals surface area contributed by atoms with Crippen LogP contribution in [0.3, 0.4) is 0 Å². The van der Waals surface area contributed by atoms with E-state index in [1.807, 2.05) is 6.92 Å². The van der Waals surface area contributed by atoms with Gasteiger partial charge < -0.3 is 13.9 Å². The topological polar surface area (TPSA) is 58.6 Å². The van der Waals surface area contributed by atoms with Gasteiger partial charge in [-0.1, -0.05) is 35.9 Å². The maximum absolute atomic E-state index is 11.6. The SMILES string of the molecule is Cc1ccc(OP(=O)([O-])Oc2ccccc2)cc1. The minimum absolute atomic E-state index is 0.225. The van der Waals surface area contributed by atoms with Gasteiger partial charge in [-0.05, 0) is 31.2 Å². The zero-order chi connectivity index (χ0) is 13.0. The molecule has 1 atom stereocenters. The van der Waals surface area contributed by atoms with Crippen molar-refractivity contribution in [1.29, 1.82) is 0 Å². The third kappa shape index (κ3) is 3.62. The molecule has 0 spiro atoms. The number of para-hydroxylation sites is 1. The summed E-state index contributed by atoms with van der Waals surface area (Å²) < 4.78 is 21.3. The highest BCUT2D eigenvalue weighted by Crippen LogP contribution is 2.40. The average Bonchev–Trinajstić information content (AvgIpc) is 2.32. The molecule has 0 fully saturated rings. The van der Waals surface area contributed by atoms with E-state index in [1.165, 1.54) is 0 Å². The summed E-state index contributed by atoms with van der Waals surface area (Å²) in [4.78, 5) is 11.6. The fourth-order valence-corrected chi connectivity index (χ4v) is 2.15. The lowest BCUT2D eigenvalue weighted by Gasteiger charge is -2.23. The third-order valence-corrected chi connectivity index (χ3v) is 3.07. The Hall–Kier alpha value is -1.77. The maximum Gasteiger partial charge on any atom is 0.372 e. The molecule has 0 aliphatic heterocycles. The highest BCUT2D eigenvalue weighted by Gasteiger charge is 2.12. The fourth-order valence-electron chi connectivity index (χ4n) is 1.36. The molecule has 0 saturated heterocycles. The molecule has 0 saturated carbocycles. The molecule has 0 bridgehead atoms. The van der Waals surface area contributed by atoms with Crippen LogP contribution < -0.4 is 13.9 Å². The molecule has 0 amide bonds. The molecule has 0 aliphatic rings. The zero-order valence-electron chi connectivity index (χ0n) is 9.78. The van der Waals surface area contributed by atoms with Gasteiger partial charge in [0, 0.05) is 0 Å². The first-order valence-corrected chi connectivity index (χ1v) is 6.83. The van der Waals surface area contributed by atoms with Crippen molar-refractivity contribution >= 4 is 7.82 Å². The minimum Gasteiger partial charge on any atom is -0.736 e. The van der Waals surface area contributed by atoms with E-state index in [-0.39, 0.29) is 11.5 Å². The van der Waals surface area contributed by atoms with E-state index in [2.05, 4.69) is 0 Å². The monoisotopic (exact) mass is 263 g/mol. The smallest absolute Gasteiger partial charge is 0.372 e. The number of phosphoric ester groups is 1. The first-order chi connectivity index (χ1) is 8.55. The van der Waals surface area contributed by atoms with Crippen molar-refractivity contribution in [2.45, 2.75) is 6.92 Å². The molecule has 94 valence electrons. The lowest BCUT2D eigenvalue weighted by Crippen LogP contribution is -2.12. The lowest BCUT2D eigenvalue weighted by molar-refractivity contribution is -0.208. The largest absolute Gasteiger partial charge is 0.736 e. The highest BCUT2D eigenvalue weighted by atomic mass is 31.2. The summed E-state index contributed by atoms with van der Waals surface area (Å²) in [6.45, 7) is 1.90. The Balaban J connectivity index is 2.08. The van der Waals surface area contributed by atoms with Gasteiger partial charge >= 0.3 is 7.82 Å². The van der Waals surface area contributed by atoms with Crippen molar-refractivity contribution in [3.63, 3.8) is 0 Å². The van der Waals surface area contributed by atoms with Crippen LogP contribution in [0.5, 0.6) is 11.5 Å². The molecular weight excluding hydrogens is 251 g/mol. The van der Waals surface area contributed by atoms with Crippen LogP contribution in [-0.4, -0.2) is 0 Å². The Kier molecular flexibility index (Phi) is 3.70. The second kappa shape index (κ2) is 5.25. The summed E-state index contributed by atoms with van der Waals surface area (Å²) >= 11 is 0. The van der Waals surface area contributed by atoms with Crippen LogP contribution in [0.4, 0.5) is 0 Å². The molecular formula is C13H12O4P-. The Morgan fingerprint density at radius 2 is 1.39 bits per heavy atom. The van der Waals surface area contributed by atoms with Crippen LogP contribution in [0.2, 0.25) is 0 Å². The van der Waals surface area contributed by atoms with Crippen LogP contribution in [-0.2, 0) is 4.57 Å². The quantitative estimate of drug-likeness (QED) is 0.796. The van der Waals surface area contributed by atoms with Crippen molar-refractivity contribution in [3.05, 3.63) is 60.2 Å². The number of hydrogen-bond donors (Lipinski definition) is 0. The molecule has 0 aliphatic carbocycles. The molecule has 2 rings (SSSR count). The van der Waals surface area contributed by atoms with Gasteiger partial charge in [0.15, 0.2) is 0 Å². The van der Waals surface area contributed by atoms with E-state index in [0.717, 1.165) is 5.56 Å². The van der Waals surface area contributed by atoms with Gasteiger partial charge in [0.25, 0.3) is 0 Å². The maximum atomic E-state index is 11.6. The summed E-state index contributed by atoms with van der Waals surface area (Å²) in [5.41, 5.74) is 1.02. The number of rotatable bonds is 4. The Bertz CT molecular complexity index is 551. The van der Waals surface area contributed by atoms with Gasteiger partial charge in [-0.15, -0.1) is 0 Å². The average molecular weight is 263 g/mol. The van der Waals surface area contributed by atoms with Crippen molar-refractivity contribution in [1.82, 2.24) is 0 Å². The van der Waals surface area contributed by atoms with E-state index < -0.39 is 7.82 Å². The molecule has 2 aromatic carbocycles. The highest BCUT2D eigenvalue weighted by molar-refractivity contribution is 7.46.